The first-order valence-corrected chi connectivity index (χ1v) is 6.49. The lowest BCUT2D eigenvalue weighted by atomic mass is 10.00. The van der Waals surface area contributed by atoms with Crippen LogP contribution in [0.3, 0.4) is 0 Å². The molecule has 0 aliphatic carbocycles. The molecule has 3 N–H and O–H groups in total. The van der Waals surface area contributed by atoms with Crippen molar-refractivity contribution in [2.24, 2.45) is 5.84 Å². The molecule has 1 aliphatic heterocycles. The summed E-state index contributed by atoms with van der Waals surface area (Å²) in [4.78, 5) is 0. The zero-order chi connectivity index (χ0) is 12.3. The van der Waals surface area contributed by atoms with Crippen LogP contribution in [0.15, 0.2) is 18.2 Å². The van der Waals surface area contributed by atoms with E-state index >= 15 is 0 Å². The topological polar surface area (TPSA) is 47.3 Å². The molecule has 0 spiro atoms. The molecule has 1 aromatic rings. The molecule has 3 nitrogen and oxygen atoms in total. The van der Waals surface area contributed by atoms with E-state index < -0.39 is 0 Å². The van der Waals surface area contributed by atoms with E-state index in [1.807, 2.05) is 12.1 Å². The third kappa shape index (κ3) is 3.12. The molecule has 2 atom stereocenters. The summed E-state index contributed by atoms with van der Waals surface area (Å²) in [5, 5.41) is 1.12. The van der Waals surface area contributed by atoms with Gasteiger partial charge in [-0.2, -0.15) is 0 Å². The highest BCUT2D eigenvalue weighted by atomic mass is 35.5. The summed E-state index contributed by atoms with van der Waals surface area (Å²) in [5.41, 5.74) is 3.72. The molecule has 0 saturated carbocycles. The highest BCUT2D eigenvalue weighted by molar-refractivity contribution is 6.42. The summed E-state index contributed by atoms with van der Waals surface area (Å²) in [6, 6.07) is 5.56. The van der Waals surface area contributed by atoms with Gasteiger partial charge < -0.3 is 4.74 Å². The maximum Gasteiger partial charge on any atom is 0.0640 e. The van der Waals surface area contributed by atoms with Gasteiger partial charge in [0.25, 0.3) is 0 Å². The second-order valence-electron chi connectivity index (χ2n) is 4.23. The first kappa shape index (κ1) is 13.1. The molecule has 5 heteroatoms. The average Bonchev–Trinajstić information content (AvgIpc) is 2.83. The molecule has 1 saturated heterocycles. The second kappa shape index (κ2) is 6.03. The Morgan fingerprint density at radius 2 is 2.29 bits per heavy atom. The van der Waals surface area contributed by atoms with Crippen molar-refractivity contribution in [2.75, 3.05) is 6.61 Å². The summed E-state index contributed by atoms with van der Waals surface area (Å²) < 4.78 is 5.61. The third-order valence-electron chi connectivity index (χ3n) is 3.08. The van der Waals surface area contributed by atoms with Crippen molar-refractivity contribution in [3.05, 3.63) is 33.8 Å². The number of hydrogen-bond acceptors (Lipinski definition) is 3. The highest BCUT2D eigenvalue weighted by Crippen LogP contribution is 2.33. The molecule has 0 aromatic heterocycles. The smallest absolute Gasteiger partial charge is 0.0640 e. The number of hydrogen-bond donors (Lipinski definition) is 2. The lowest BCUT2D eigenvalue weighted by Gasteiger charge is -2.21. The molecule has 0 amide bonds. The monoisotopic (exact) mass is 274 g/mol. The summed E-state index contributed by atoms with van der Waals surface area (Å²) in [6.07, 6.45) is 3.27. The fourth-order valence-corrected chi connectivity index (χ4v) is 2.61. The van der Waals surface area contributed by atoms with Crippen LogP contribution in [-0.2, 0) is 4.74 Å². The van der Waals surface area contributed by atoms with Gasteiger partial charge in [0, 0.05) is 12.6 Å². The Labute approximate surface area is 111 Å². The molecule has 94 valence electrons. The highest BCUT2D eigenvalue weighted by Gasteiger charge is 2.23. The van der Waals surface area contributed by atoms with Crippen LogP contribution < -0.4 is 11.3 Å². The molecule has 17 heavy (non-hydrogen) atoms. The van der Waals surface area contributed by atoms with Crippen LogP contribution in [-0.4, -0.2) is 12.7 Å². The lowest BCUT2D eigenvalue weighted by molar-refractivity contribution is 0.0946. The van der Waals surface area contributed by atoms with E-state index in [1.165, 1.54) is 0 Å². The molecule has 0 radical (unpaired) electrons. The fourth-order valence-electron chi connectivity index (χ4n) is 2.17. The Bertz CT molecular complexity index is 381. The minimum Gasteiger partial charge on any atom is -0.378 e. The predicted octanol–water partition coefficient (Wildman–Crippen LogP) is 3.07. The van der Waals surface area contributed by atoms with Gasteiger partial charge in [-0.3, -0.25) is 11.3 Å². The van der Waals surface area contributed by atoms with Crippen molar-refractivity contribution in [1.29, 1.82) is 0 Å². The standard InChI is InChI=1S/C12H16Cl2N2O/c13-10-5-1-4-9(12(10)14)11(16-15)7-8-3-2-6-17-8/h1,4-5,8,11,16H,2-3,6-7,15H2. The van der Waals surface area contributed by atoms with Gasteiger partial charge in [-0.1, -0.05) is 35.3 Å². The summed E-state index contributed by atoms with van der Waals surface area (Å²) in [5.74, 6) is 5.59. The number of nitrogens with two attached hydrogens (primary N) is 1. The molecular formula is C12H16Cl2N2O. The van der Waals surface area contributed by atoms with Crippen LogP contribution in [0.25, 0.3) is 0 Å². The van der Waals surface area contributed by atoms with Crippen molar-refractivity contribution in [3.8, 4) is 0 Å². The summed E-state index contributed by atoms with van der Waals surface area (Å²) in [7, 11) is 0. The molecule has 2 rings (SSSR count). The number of rotatable bonds is 4. The second-order valence-corrected chi connectivity index (χ2v) is 5.02. The molecule has 0 bridgehead atoms. The van der Waals surface area contributed by atoms with E-state index in [9.17, 15) is 0 Å². The van der Waals surface area contributed by atoms with E-state index in [0.29, 0.717) is 10.0 Å². The van der Waals surface area contributed by atoms with Crippen molar-refractivity contribution < 1.29 is 4.74 Å². The number of hydrazine groups is 1. The van der Waals surface area contributed by atoms with Crippen molar-refractivity contribution in [3.63, 3.8) is 0 Å². The molecule has 2 unspecified atom stereocenters. The Balaban J connectivity index is 2.13. The first-order valence-electron chi connectivity index (χ1n) is 5.74. The lowest BCUT2D eigenvalue weighted by Crippen LogP contribution is -2.31. The Hall–Kier alpha value is -0.320. The van der Waals surface area contributed by atoms with Gasteiger partial charge in [-0.15, -0.1) is 0 Å². The zero-order valence-corrected chi connectivity index (χ0v) is 11.0. The van der Waals surface area contributed by atoms with Gasteiger partial charge in [-0.05, 0) is 30.9 Å². The van der Waals surface area contributed by atoms with Crippen LogP contribution in [0.1, 0.15) is 30.9 Å². The van der Waals surface area contributed by atoms with Gasteiger partial charge in [0.05, 0.1) is 16.1 Å². The average molecular weight is 275 g/mol. The Kier molecular flexibility index (Phi) is 4.65. The maximum atomic E-state index is 6.18. The Morgan fingerprint density at radius 1 is 1.47 bits per heavy atom. The maximum absolute atomic E-state index is 6.18. The van der Waals surface area contributed by atoms with Crippen LogP contribution in [0, 0.1) is 0 Å². The number of halogens is 2. The van der Waals surface area contributed by atoms with Gasteiger partial charge in [0.15, 0.2) is 0 Å². The number of nitrogens with one attached hydrogen (secondary N) is 1. The minimum absolute atomic E-state index is 0.0238. The zero-order valence-electron chi connectivity index (χ0n) is 9.46. The third-order valence-corrected chi connectivity index (χ3v) is 3.91. The summed E-state index contributed by atoms with van der Waals surface area (Å²) in [6.45, 7) is 0.839. The normalized spacial score (nSPS) is 21.7. The molecule has 1 aromatic carbocycles. The van der Waals surface area contributed by atoms with Crippen molar-refractivity contribution >= 4 is 23.2 Å². The van der Waals surface area contributed by atoms with Crippen LogP contribution in [0.2, 0.25) is 10.0 Å². The van der Waals surface area contributed by atoms with Gasteiger partial charge >= 0.3 is 0 Å². The fraction of sp³-hybridized carbons (Fsp3) is 0.500. The molecule has 1 fully saturated rings. The predicted molar refractivity (Wildman–Crippen MR) is 70.1 cm³/mol. The van der Waals surface area contributed by atoms with Crippen LogP contribution in [0.4, 0.5) is 0 Å². The van der Waals surface area contributed by atoms with Crippen molar-refractivity contribution in [1.82, 2.24) is 5.43 Å². The summed E-state index contributed by atoms with van der Waals surface area (Å²) >= 11 is 12.2. The Morgan fingerprint density at radius 3 is 2.94 bits per heavy atom. The van der Waals surface area contributed by atoms with Gasteiger partial charge in [0.2, 0.25) is 0 Å². The molecule has 1 aliphatic rings. The minimum atomic E-state index is -0.0238. The van der Waals surface area contributed by atoms with Crippen LogP contribution >= 0.6 is 23.2 Å². The van der Waals surface area contributed by atoms with E-state index in [0.717, 1.165) is 31.4 Å². The van der Waals surface area contributed by atoms with E-state index in [1.54, 1.807) is 6.07 Å². The van der Waals surface area contributed by atoms with E-state index in [4.69, 9.17) is 33.8 Å². The quantitative estimate of drug-likeness (QED) is 0.655. The van der Waals surface area contributed by atoms with Crippen molar-refractivity contribution in [2.45, 2.75) is 31.4 Å². The van der Waals surface area contributed by atoms with Gasteiger partial charge in [-0.25, -0.2) is 0 Å². The first-order chi connectivity index (χ1) is 8.22. The van der Waals surface area contributed by atoms with E-state index in [-0.39, 0.29) is 12.1 Å². The SMILES string of the molecule is NNC(CC1CCCO1)c1cccc(Cl)c1Cl. The van der Waals surface area contributed by atoms with E-state index in [2.05, 4.69) is 5.43 Å². The number of ether oxygens (including phenoxy) is 1. The molecule has 1 heterocycles. The van der Waals surface area contributed by atoms with Crippen LogP contribution in [0.5, 0.6) is 0 Å². The number of benzene rings is 1. The molecular weight excluding hydrogens is 259 g/mol. The largest absolute Gasteiger partial charge is 0.378 e. The van der Waals surface area contributed by atoms with Gasteiger partial charge in [0.1, 0.15) is 0 Å².